The van der Waals surface area contributed by atoms with Gasteiger partial charge in [-0.1, -0.05) is 49.5 Å². The third-order valence-electron chi connectivity index (χ3n) is 3.91. The van der Waals surface area contributed by atoms with Crippen LogP contribution in [0, 0.1) is 20.2 Å². The second-order valence-electron chi connectivity index (χ2n) is 5.23. The Morgan fingerprint density at radius 2 is 1.12 bits per heavy atom. The van der Waals surface area contributed by atoms with Crippen LogP contribution in [0.2, 0.25) is 0 Å². The van der Waals surface area contributed by atoms with Crippen LogP contribution in [-0.4, -0.2) is 9.85 Å². The molecule has 0 fully saturated rings. The maximum Gasteiger partial charge on any atom is 0.284 e. The average Bonchev–Trinajstić information content (AvgIpc) is 2.57. The molecular formula is C16H14N2O4S2. The van der Waals surface area contributed by atoms with Crippen molar-refractivity contribution in [3.05, 3.63) is 55.6 Å². The van der Waals surface area contributed by atoms with Gasteiger partial charge in [-0.2, -0.15) is 0 Å². The van der Waals surface area contributed by atoms with Crippen LogP contribution < -0.4 is 0 Å². The van der Waals surface area contributed by atoms with Gasteiger partial charge < -0.3 is 0 Å². The Bertz CT molecular complexity index is 798. The van der Waals surface area contributed by atoms with Crippen molar-refractivity contribution in [1.29, 1.82) is 0 Å². The standard InChI is InChI=1S/C16H14N2O4S2/c1-3-9-5-7-11(17(19)20)15-13(9)23-14-10(4-2)6-8-12(18(21)22)16(14)24-15/h5-8H,3-4H2,1-2H3. The molecule has 0 saturated carbocycles. The summed E-state index contributed by atoms with van der Waals surface area (Å²) in [6.45, 7) is 3.99. The van der Waals surface area contributed by atoms with E-state index in [-0.39, 0.29) is 11.4 Å². The minimum absolute atomic E-state index is 0.00143. The van der Waals surface area contributed by atoms with Gasteiger partial charge in [0.05, 0.1) is 9.85 Å². The van der Waals surface area contributed by atoms with Gasteiger partial charge in [-0.05, 0) is 24.0 Å². The van der Waals surface area contributed by atoms with Gasteiger partial charge in [0.25, 0.3) is 11.4 Å². The van der Waals surface area contributed by atoms with Gasteiger partial charge in [-0.15, -0.1) is 0 Å². The quantitative estimate of drug-likeness (QED) is 0.466. The lowest BCUT2D eigenvalue weighted by molar-refractivity contribution is -0.388. The number of nitrogens with zero attached hydrogens (tertiary/aromatic N) is 2. The van der Waals surface area contributed by atoms with Gasteiger partial charge >= 0.3 is 0 Å². The highest BCUT2D eigenvalue weighted by Gasteiger charge is 2.32. The number of rotatable bonds is 4. The minimum Gasteiger partial charge on any atom is -0.258 e. The van der Waals surface area contributed by atoms with Crippen LogP contribution in [0.25, 0.3) is 0 Å². The predicted octanol–water partition coefficient (Wildman–Crippen LogP) is 5.24. The zero-order chi connectivity index (χ0) is 17.4. The Morgan fingerprint density at radius 1 is 0.750 bits per heavy atom. The molecule has 2 aromatic carbocycles. The van der Waals surface area contributed by atoms with E-state index in [2.05, 4.69) is 0 Å². The number of nitro groups is 2. The zero-order valence-corrected chi connectivity index (χ0v) is 14.7. The van der Waals surface area contributed by atoms with Gasteiger partial charge in [0.2, 0.25) is 0 Å². The summed E-state index contributed by atoms with van der Waals surface area (Å²) in [5.74, 6) is 0. The van der Waals surface area contributed by atoms with E-state index in [0.29, 0.717) is 9.79 Å². The molecule has 0 radical (unpaired) electrons. The van der Waals surface area contributed by atoms with E-state index in [0.717, 1.165) is 45.5 Å². The van der Waals surface area contributed by atoms with Crippen molar-refractivity contribution in [2.24, 2.45) is 0 Å². The molecule has 24 heavy (non-hydrogen) atoms. The Hall–Kier alpha value is -2.06. The smallest absolute Gasteiger partial charge is 0.258 e. The largest absolute Gasteiger partial charge is 0.284 e. The maximum absolute atomic E-state index is 11.4. The molecule has 1 aliphatic rings. The van der Waals surface area contributed by atoms with Crippen molar-refractivity contribution in [3.8, 4) is 0 Å². The number of benzene rings is 2. The van der Waals surface area contributed by atoms with E-state index >= 15 is 0 Å². The van der Waals surface area contributed by atoms with Crippen LogP contribution in [0.3, 0.4) is 0 Å². The van der Waals surface area contributed by atoms with Crippen molar-refractivity contribution in [3.63, 3.8) is 0 Å². The van der Waals surface area contributed by atoms with E-state index in [1.54, 1.807) is 12.1 Å². The second-order valence-corrected chi connectivity index (χ2v) is 7.27. The molecule has 3 rings (SSSR count). The molecule has 0 spiro atoms. The molecule has 0 aromatic heterocycles. The summed E-state index contributed by atoms with van der Waals surface area (Å²) in [7, 11) is 0. The Labute approximate surface area is 146 Å². The molecule has 1 aliphatic heterocycles. The van der Waals surface area contributed by atoms with Gasteiger partial charge in [0, 0.05) is 21.9 Å². The highest BCUT2D eigenvalue weighted by molar-refractivity contribution is 8.05. The molecule has 0 amide bonds. The van der Waals surface area contributed by atoms with Crippen LogP contribution in [0.1, 0.15) is 25.0 Å². The fraction of sp³-hybridized carbons (Fsp3) is 0.250. The SMILES string of the molecule is CCc1ccc([N+](=O)[O-])c2c1Sc1c(CC)ccc([N+](=O)[O-])c1S2. The first kappa shape index (κ1) is 16.8. The monoisotopic (exact) mass is 362 g/mol. The summed E-state index contributed by atoms with van der Waals surface area (Å²) >= 11 is 2.57. The second kappa shape index (κ2) is 6.45. The number of fused-ring (bicyclic) bond motifs is 2. The first-order valence-corrected chi connectivity index (χ1v) is 9.07. The van der Waals surface area contributed by atoms with Crippen LogP contribution in [-0.2, 0) is 12.8 Å². The lowest BCUT2D eigenvalue weighted by atomic mass is 10.1. The number of hydrogen-bond donors (Lipinski definition) is 0. The molecule has 6 nitrogen and oxygen atoms in total. The summed E-state index contributed by atoms with van der Waals surface area (Å²) in [5.41, 5.74) is 2.04. The van der Waals surface area contributed by atoms with E-state index in [9.17, 15) is 20.2 Å². The first-order valence-electron chi connectivity index (χ1n) is 7.44. The molecule has 0 atom stereocenters. The van der Waals surface area contributed by atoms with Crippen LogP contribution in [0.15, 0.2) is 43.8 Å². The van der Waals surface area contributed by atoms with Crippen molar-refractivity contribution in [2.75, 3.05) is 0 Å². The Kier molecular flexibility index (Phi) is 4.51. The van der Waals surface area contributed by atoms with Crippen molar-refractivity contribution in [1.82, 2.24) is 0 Å². The number of aryl methyl sites for hydroxylation is 2. The summed E-state index contributed by atoms with van der Waals surface area (Å²) < 4.78 is 0. The molecule has 8 heteroatoms. The molecule has 2 aromatic rings. The average molecular weight is 362 g/mol. The van der Waals surface area contributed by atoms with Gasteiger partial charge in [-0.25, -0.2) is 0 Å². The fourth-order valence-electron chi connectivity index (χ4n) is 2.66. The highest BCUT2D eigenvalue weighted by Crippen LogP contribution is 2.56. The Balaban J connectivity index is 2.27. The molecule has 0 aliphatic carbocycles. The third kappa shape index (κ3) is 2.65. The molecule has 1 heterocycles. The summed E-state index contributed by atoms with van der Waals surface area (Å²) in [6, 6.07) is 6.54. The molecule has 0 saturated heterocycles. The lowest BCUT2D eigenvalue weighted by Gasteiger charge is -2.22. The molecule has 0 bridgehead atoms. The van der Waals surface area contributed by atoms with Crippen LogP contribution in [0.5, 0.6) is 0 Å². The zero-order valence-electron chi connectivity index (χ0n) is 13.1. The topological polar surface area (TPSA) is 86.3 Å². The molecule has 0 unspecified atom stereocenters. The van der Waals surface area contributed by atoms with Crippen LogP contribution in [0.4, 0.5) is 11.4 Å². The van der Waals surface area contributed by atoms with Crippen molar-refractivity contribution < 1.29 is 9.85 Å². The molecular weight excluding hydrogens is 348 g/mol. The summed E-state index contributed by atoms with van der Waals surface area (Å²) in [6.07, 6.45) is 1.50. The van der Waals surface area contributed by atoms with E-state index in [4.69, 9.17) is 0 Å². The third-order valence-corrected chi connectivity index (χ3v) is 6.74. The normalized spacial score (nSPS) is 12.4. The summed E-state index contributed by atoms with van der Waals surface area (Å²) in [4.78, 5) is 24.6. The van der Waals surface area contributed by atoms with Crippen LogP contribution >= 0.6 is 23.5 Å². The van der Waals surface area contributed by atoms with E-state index in [1.165, 1.54) is 23.9 Å². The number of nitro benzene ring substituents is 2. The maximum atomic E-state index is 11.4. The fourth-order valence-corrected chi connectivity index (χ4v) is 5.59. The predicted molar refractivity (Wildman–Crippen MR) is 93.2 cm³/mol. The highest BCUT2D eigenvalue weighted by atomic mass is 32.2. The minimum atomic E-state index is -0.424. The number of hydrogen-bond acceptors (Lipinski definition) is 6. The van der Waals surface area contributed by atoms with Gasteiger partial charge in [0.15, 0.2) is 0 Å². The molecule has 0 N–H and O–H groups in total. The van der Waals surface area contributed by atoms with Crippen molar-refractivity contribution in [2.45, 2.75) is 46.3 Å². The summed E-state index contributed by atoms with van der Waals surface area (Å²) in [5, 5.41) is 22.8. The molecule has 124 valence electrons. The lowest BCUT2D eigenvalue weighted by Crippen LogP contribution is -2.03. The van der Waals surface area contributed by atoms with Gasteiger partial charge in [0.1, 0.15) is 9.79 Å². The van der Waals surface area contributed by atoms with E-state index in [1.807, 2.05) is 13.8 Å². The van der Waals surface area contributed by atoms with Crippen molar-refractivity contribution >= 4 is 34.9 Å². The van der Waals surface area contributed by atoms with Gasteiger partial charge in [-0.3, -0.25) is 20.2 Å². The first-order chi connectivity index (χ1) is 11.5. The Morgan fingerprint density at radius 3 is 1.46 bits per heavy atom. The van der Waals surface area contributed by atoms with E-state index < -0.39 is 9.85 Å².